The molecule has 2 aromatic rings. The third-order valence-electron chi connectivity index (χ3n) is 6.01. The fourth-order valence-electron chi connectivity index (χ4n) is 3.89. The number of ether oxygens (including phenoxy) is 1. The van der Waals surface area contributed by atoms with Crippen molar-refractivity contribution in [2.75, 3.05) is 26.7 Å². The molecular weight excluding hydrogens is 495 g/mol. The molecule has 0 saturated heterocycles. The fourth-order valence-corrected chi connectivity index (χ4v) is 6.90. The Balaban J connectivity index is 2.04. The second kappa shape index (κ2) is 10.8. The first kappa shape index (κ1) is 27.3. The summed E-state index contributed by atoms with van der Waals surface area (Å²) < 4.78 is 74.9. The molecule has 192 valence electrons. The number of benzene rings is 2. The van der Waals surface area contributed by atoms with E-state index in [1.807, 2.05) is 13.0 Å². The van der Waals surface area contributed by atoms with E-state index < -0.39 is 43.9 Å². The minimum Gasteiger partial charge on any atom is -0.487 e. The van der Waals surface area contributed by atoms with Crippen molar-refractivity contribution in [1.82, 2.24) is 8.61 Å². The molecule has 3 atom stereocenters. The van der Waals surface area contributed by atoms with E-state index in [9.17, 15) is 26.3 Å². The van der Waals surface area contributed by atoms with Crippen LogP contribution < -0.4 is 4.74 Å². The maximum absolute atomic E-state index is 13.5. The molecule has 8 nitrogen and oxygen atoms in total. The Morgan fingerprint density at radius 3 is 2.51 bits per heavy atom. The Labute approximate surface area is 206 Å². The van der Waals surface area contributed by atoms with Gasteiger partial charge in [0.25, 0.3) is 0 Å². The van der Waals surface area contributed by atoms with E-state index in [1.165, 1.54) is 29.6 Å². The lowest BCUT2D eigenvalue weighted by Gasteiger charge is -2.37. The number of hydrogen-bond donors (Lipinski definition) is 1. The van der Waals surface area contributed by atoms with Gasteiger partial charge in [-0.25, -0.2) is 21.2 Å². The van der Waals surface area contributed by atoms with E-state index in [1.54, 1.807) is 32.1 Å². The minimum absolute atomic E-state index is 0.0230. The standard InChI is InChI=1S/C24H31FN2O6S2/c1-5-6-19-7-12-24-22(13-19)33-23(17(2)14-27(18(3)16-28)35(24,31)32)15-26(4)34(29,30)21-10-8-20(25)9-11-21/h5-13,17-18,23,28H,14-16H2,1-4H3/t17-,18+,23-/m0/s1. The van der Waals surface area contributed by atoms with Crippen molar-refractivity contribution in [2.45, 2.75) is 42.7 Å². The first-order valence-corrected chi connectivity index (χ1v) is 14.1. The molecular formula is C24H31FN2O6S2. The largest absolute Gasteiger partial charge is 0.487 e. The zero-order chi connectivity index (χ0) is 26.0. The second-order valence-electron chi connectivity index (χ2n) is 8.69. The van der Waals surface area contributed by atoms with Gasteiger partial charge in [-0.3, -0.25) is 0 Å². The summed E-state index contributed by atoms with van der Waals surface area (Å²) in [5.74, 6) is -0.862. The van der Waals surface area contributed by atoms with Crippen molar-refractivity contribution in [1.29, 1.82) is 0 Å². The summed E-state index contributed by atoms with van der Waals surface area (Å²) >= 11 is 0. The normalized spacial score (nSPS) is 21.8. The summed E-state index contributed by atoms with van der Waals surface area (Å²) in [6, 6.07) is 8.58. The van der Waals surface area contributed by atoms with Crippen LogP contribution >= 0.6 is 0 Å². The highest BCUT2D eigenvalue weighted by Gasteiger charge is 2.39. The van der Waals surface area contributed by atoms with E-state index >= 15 is 0 Å². The summed E-state index contributed by atoms with van der Waals surface area (Å²) in [5, 5.41) is 9.73. The molecule has 0 spiro atoms. The zero-order valence-corrected chi connectivity index (χ0v) is 21.8. The van der Waals surface area contributed by atoms with Crippen LogP contribution in [0.25, 0.3) is 6.08 Å². The van der Waals surface area contributed by atoms with Crippen LogP contribution in [0, 0.1) is 11.7 Å². The van der Waals surface area contributed by atoms with Crippen molar-refractivity contribution in [3.8, 4) is 5.75 Å². The number of sulfonamides is 2. The fraction of sp³-hybridized carbons (Fsp3) is 0.417. The van der Waals surface area contributed by atoms with Crippen LogP contribution in [0.5, 0.6) is 5.75 Å². The van der Waals surface area contributed by atoms with E-state index in [4.69, 9.17) is 4.74 Å². The smallest absolute Gasteiger partial charge is 0.247 e. The number of halogens is 1. The van der Waals surface area contributed by atoms with Gasteiger partial charge in [0.05, 0.1) is 18.0 Å². The van der Waals surface area contributed by atoms with Gasteiger partial charge >= 0.3 is 0 Å². The predicted molar refractivity (Wildman–Crippen MR) is 131 cm³/mol. The lowest BCUT2D eigenvalue weighted by atomic mass is 10.0. The molecule has 0 radical (unpaired) electrons. The highest BCUT2D eigenvalue weighted by Crippen LogP contribution is 2.34. The molecule has 1 aliphatic heterocycles. The predicted octanol–water partition coefficient (Wildman–Crippen LogP) is 2.95. The van der Waals surface area contributed by atoms with Gasteiger partial charge in [0, 0.05) is 25.6 Å². The van der Waals surface area contributed by atoms with E-state index in [-0.39, 0.29) is 35.2 Å². The van der Waals surface area contributed by atoms with E-state index in [0.717, 1.165) is 22.0 Å². The summed E-state index contributed by atoms with van der Waals surface area (Å²) in [7, 11) is -6.54. The number of aliphatic hydroxyl groups is 1. The van der Waals surface area contributed by atoms with Crippen molar-refractivity contribution < 1.29 is 31.1 Å². The number of hydrogen-bond acceptors (Lipinski definition) is 6. The summed E-state index contributed by atoms with van der Waals surface area (Å²) in [6.45, 7) is 4.79. The molecule has 1 heterocycles. The SMILES string of the molecule is CC=Cc1ccc2c(c1)O[C@@H](CN(C)S(=O)(=O)c1ccc(F)cc1)[C@@H](C)CN([C@H](C)CO)S2(=O)=O. The van der Waals surface area contributed by atoms with Gasteiger partial charge in [0.15, 0.2) is 0 Å². The Hall–Kier alpha value is -2.31. The maximum Gasteiger partial charge on any atom is 0.247 e. The molecule has 0 aliphatic carbocycles. The molecule has 0 saturated carbocycles. The number of allylic oxidation sites excluding steroid dienone is 1. The average molecular weight is 527 g/mol. The Morgan fingerprint density at radius 1 is 1.26 bits per heavy atom. The second-order valence-corrected chi connectivity index (χ2v) is 12.6. The third-order valence-corrected chi connectivity index (χ3v) is 9.87. The van der Waals surface area contributed by atoms with Gasteiger partial charge < -0.3 is 9.84 Å². The highest BCUT2D eigenvalue weighted by molar-refractivity contribution is 7.89. The van der Waals surface area contributed by atoms with E-state index in [0.29, 0.717) is 0 Å². The molecule has 0 bridgehead atoms. The van der Waals surface area contributed by atoms with Gasteiger partial charge in [-0.05, 0) is 55.8 Å². The summed E-state index contributed by atoms with van der Waals surface area (Å²) in [6.07, 6.45) is 2.90. The topological polar surface area (TPSA) is 104 Å². The first-order chi connectivity index (χ1) is 16.4. The van der Waals surface area contributed by atoms with Gasteiger partial charge in [0.1, 0.15) is 22.6 Å². The number of rotatable bonds is 7. The Morgan fingerprint density at radius 2 is 1.91 bits per heavy atom. The average Bonchev–Trinajstić information content (AvgIpc) is 2.81. The van der Waals surface area contributed by atoms with Crippen LogP contribution in [0.15, 0.2) is 58.3 Å². The van der Waals surface area contributed by atoms with Crippen molar-refractivity contribution >= 4 is 26.1 Å². The Kier molecular flexibility index (Phi) is 8.38. The lowest BCUT2D eigenvalue weighted by Crippen LogP contribution is -2.50. The van der Waals surface area contributed by atoms with Gasteiger partial charge in [-0.15, -0.1) is 0 Å². The number of fused-ring (bicyclic) bond motifs is 1. The molecule has 1 aliphatic rings. The number of likely N-dealkylation sites (N-methyl/N-ethyl adjacent to an activating group) is 1. The molecule has 0 unspecified atom stereocenters. The summed E-state index contributed by atoms with van der Waals surface area (Å²) in [4.78, 5) is -0.110. The van der Waals surface area contributed by atoms with Crippen LogP contribution in [-0.4, -0.2) is 69.4 Å². The van der Waals surface area contributed by atoms with Crippen LogP contribution in [0.4, 0.5) is 4.39 Å². The summed E-state index contributed by atoms with van der Waals surface area (Å²) in [5.41, 5.74) is 0.725. The van der Waals surface area contributed by atoms with Crippen LogP contribution in [0.3, 0.4) is 0 Å². The van der Waals surface area contributed by atoms with Crippen molar-refractivity contribution in [3.05, 3.63) is 59.9 Å². The van der Waals surface area contributed by atoms with E-state index in [2.05, 4.69) is 0 Å². The van der Waals surface area contributed by atoms with Crippen molar-refractivity contribution in [3.63, 3.8) is 0 Å². The zero-order valence-electron chi connectivity index (χ0n) is 20.1. The molecule has 0 fully saturated rings. The van der Waals surface area contributed by atoms with Gasteiger partial charge in [0.2, 0.25) is 20.0 Å². The number of nitrogens with zero attached hydrogens (tertiary/aromatic N) is 2. The molecule has 0 aromatic heterocycles. The lowest BCUT2D eigenvalue weighted by molar-refractivity contribution is 0.0904. The quantitative estimate of drug-likeness (QED) is 0.595. The molecule has 11 heteroatoms. The first-order valence-electron chi connectivity index (χ1n) is 11.2. The van der Waals surface area contributed by atoms with Crippen LogP contribution in [0.2, 0.25) is 0 Å². The molecule has 0 amide bonds. The van der Waals surface area contributed by atoms with Crippen molar-refractivity contribution in [2.24, 2.45) is 5.92 Å². The van der Waals surface area contributed by atoms with Gasteiger partial charge in [-0.2, -0.15) is 8.61 Å². The van der Waals surface area contributed by atoms with Crippen LogP contribution in [0.1, 0.15) is 26.3 Å². The van der Waals surface area contributed by atoms with Crippen LogP contribution in [-0.2, 0) is 20.0 Å². The highest BCUT2D eigenvalue weighted by atomic mass is 32.2. The molecule has 1 N–H and O–H groups in total. The molecule has 2 aromatic carbocycles. The minimum atomic E-state index is -3.99. The number of aliphatic hydroxyl groups excluding tert-OH is 1. The Bertz CT molecular complexity index is 1280. The maximum atomic E-state index is 13.5. The van der Waals surface area contributed by atoms with Gasteiger partial charge in [-0.1, -0.05) is 25.1 Å². The molecule has 3 rings (SSSR count). The third kappa shape index (κ3) is 5.75. The molecule has 35 heavy (non-hydrogen) atoms. The monoisotopic (exact) mass is 526 g/mol.